The van der Waals surface area contributed by atoms with Crippen LogP contribution >= 0.6 is 11.3 Å². The zero-order valence-electron chi connectivity index (χ0n) is 17.8. The van der Waals surface area contributed by atoms with E-state index < -0.39 is 23.1 Å². The monoisotopic (exact) mass is 463 g/mol. The number of carbonyl (C=O) groups excluding carboxylic acids is 1. The Morgan fingerprint density at radius 3 is 2.66 bits per heavy atom. The van der Waals surface area contributed by atoms with E-state index in [0.29, 0.717) is 17.8 Å². The zero-order valence-corrected chi connectivity index (χ0v) is 18.6. The molecular weight excluding hydrogens is 440 g/mol. The summed E-state index contributed by atoms with van der Waals surface area (Å²) in [7, 11) is 1.58. The second-order valence-electron chi connectivity index (χ2n) is 7.50. The van der Waals surface area contributed by atoms with E-state index in [0.717, 1.165) is 23.5 Å². The molecule has 170 valence electrons. The Morgan fingerprint density at radius 1 is 1.28 bits per heavy atom. The molecule has 0 spiro atoms. The van der Waals surface area contributed by atoms with E-state index in [2.05, 4.69) is 25.6 Å². The van der Waals surface area contributed by atoms with Gasteiger partial charge in [0.2, 0.25) is 5.88 Å². The standard InChI is InChI=1S/C21H23F2N5O3S/c1-21(2,30)8-5-9-31-18-14(10-25-11-26-18)27-17(29)16-20(24-3)32-19(28-16)15-12(22)6-4-7-13(15)23/h4,6-7,10-11,24,30H,5,8-9H2,1-3H3,(H,27,29). The molecule has 2 aromatic heterocycles. The molecule has 0 aliphatic heterocycles. The van der Waals surface area contributed by atoms with Crippen molar-refractivity contribution in [1.29, 1.82) is 0 Å². The summed E-state index contributed by atoms with van der Waals surface area (Å²) in [5.74, 6) is -2.01. The summed E-state index contributed by atoms with van der Waals surface area (Å²) in [6.45, 7) is 3.69. The number of benzene rings is 1. The molecule has 3 rings (SSSR count). The fourth-order valence-corrected chi connectivity index (χ4v) is 3.79. The van der Waals surface area contributed by atoms with Crippen molar-refractivity contribution in [2.45, 2.75) is 32.3 Å². The summed E-state index contributed by atoms with van der Waals surface area (Å²) >= 11 is 0.954. The Hall–Kier alpha value is -3.18. The molecule has 0 atom stereocenters. The zero-order chi connectivity index (χ0) is 23.3. The van der Waals surface area contributed by atoms with Crippen LogP contribution in [0.4, 0.5) is 19.5 Å². The molecule has 3 N–H and O–H groups in total. The highest BCUT2D eigenvalue weighted by Gasteiger charge is 2.23. The van der Waals surface area contributed by atoms with Gasteiger partial charge in [0, 0.05) is 7.05 Å². The van der Waals surface area contributed by atoms with Crippen molar-refractivity contribution in [1.82, 2.24) is 15.0 Å². The summed E-state index contributed by atoms with van der Waals surface area (Å²) < 4.78 is 33.9. The molecule has 11 heteroatoms. The van der Waals surface area contributed by atoms with Gasteiger partial charge in [-0.05, 0) is 38.8 Å². The van der Waals surface area contributed by atoms with Gasteiger partial charge in [0.25, 0.3) is 5.91 Å². The fourth-order valence-electron chi connectivity index (χ4n) is 2.83. The lowest BCUT2D eigenvalue weighted by Gasteiger charge is -2.17. The second kappa shape index (κ2) is 9.96. The Kier molecular flexibility index (Phi) is 7.31. The van der Waals surface area contributed by atoms with Crippen LogP contribution in [0.25, 0.3) is 10.6 Å². The molecule has 1 amide bonds. The normalized spacial score (nSPS) is 11.3. The number of hydrogen-bond donors (Lipinski definition) is 3. The van der Waals surface area contributed by atoms with Gasteiger partial charge < -0.3 is 20.5 Å². The van der Waals surface area contributed by atoms with Gasteiger partial charge in [-0.25, -0.2) is 18.7 Å². The Bertz CT molecular complexity index is 1080. The maximum atomic E-state index is 14.2. The van der Waals surface area contributed by atoms with Crippen LogP contribution in [0.2, 0.25) is 0 Å². The first-order valence-corrected chi connectivity index (χ1v) is 10.6. The maximum absolute atomic E-state index is 14.2. The van der Waals surface area contributed by atoms with E-state index in [1.54, 1.807) is 20.9 Å². The van der Waals surface area contributed by atoms with Crippen LogP contribution in [-0.4, -0.2) is 45.2 Å². The summed E-state index contributed by atoms with van der Waals surface area (Å²) in [6.07, 6.45) is 3.76. The highest BCUT2D eigenvalue weighted by Crippen LogP contribution is 2.35. The Balaban J connectivity index is 1.79. The minimum atomic E-state index is -0.810. The third kappa shape index (κ3) is 5.74. The van der Waals surface area contributed by atoms with Crippen LogP contribution in [0.1, 0.15) is 37.2 Å². The van der Waals surface area contributed by atoms with Gasteiger partial charge in [0.05, 0.1) is 24.0 Å². The lowest BCUT2D eigenvalue weighted by atomic mass is 10.0. The quantitative estimate of drug-likeness (QED) is 0.410. The number of halogens is 2. The molecule has 0 aliphatic carbocycles. The van der Waals surface area contributed by atoms with Gasteiger partial charge in [0.15, 0.2) is 5.69 Å². The van der Waals surface area contributed by atoms with Crippen LogP contribution in [0.5, 0.6) is 5.88 Å². The molecule has 0 aliphatic rings. The Morgan fingerprint density at radius 2 is 2.00 bits per heavy atom. The number of carbonyl (C=O) groups is 1. The van der Waals surface area contributed by atoms with Gasteiger partial charge in [-0.3, -0.25) is 4.79 Å². The lowest BCUT2D eigenvalue weighted by Crippen LogP contribution is -2.19. The van der Waals surface area contributed by atoms with E-state index in [4.69, 9.17) is 4.74 Å². The van der Waals surface area contributed by atoms with E-state index in [1.807, 2.05) is 0 Å². The van der Waals surface area contributed by atoms with E-state index in [1.165, 1.54) is 18.6 Å². The molecule has 0 saturated heterocycles. The van der Waals surface area contributed by atoms with E-state index in [-0.39, 0.29) is 34.4 Å². The van der Waals surface area contributed by atoms with Crippen LogP contribution in [0.15, 0.2) is 30.7 Å². The molecule has 0 radical (unpaired) electrons. The molecule has 3 aromatic rings. The number of thiazole rings is 1. The van der Waals surface area contributed by atoms with Crippen molar-refractivity contribution in [3.8, 4) is 16.5 Å². The summed E-state index contributed by atoms with van der Waals surface area (Å²) in [5.41, 5.74) is -0.927. The first-order chi connectivity index (χ1) is 15.2. The molecule has 1 aromatic carbocycles. The lowest BCUT2D eigenvalue weighted by molar-refractivity contribution is 0.0639. The minimum absolute atomic E-state index is 0.0301. The van der Waals surface area contributed by atoms with Crippen LogP contribution in [-0.2, 0) is 0 Å². The predicted octanol–water partition coefficient (Wildman–Crippen LogP) is 4.10. The number of hydrogen-bond acceptors (Lipinski definition) is 8. The Labute approximate surface area is 187 Å². The third-order valence-electron chi connectivity index (χ3n) is 4.34. The van der Waals surface area contributed by atoms with Crippen molar-refractivity contribution in [3.05, 3.63) is 48.1 Å². The molecular formula is C21H23F2N5O3S. The molecule has 0 saturated carbocycles. The largest absolute Gasteiger partial charge is 0.476 e. The van der Waals surface area contributed by atoms with Gasteiger partial charge in [-0.15, -0.1) is 0 Å². The third-order valence-corrected chi connectivity index (χ3v) is 5.43. The number of rotatable bonds is 9. The van der Waals surface area contributed by atoms with E-state index in [9.17, 15) is 18.7 Å². The first-order valence-electron chi connectivity index (χ1n) is 9.79. The van der Waals surface area contributed by atoms with Crippen molar-refractivity contribution in [2.75, 3.05) is 24.3 Å². The summed E-state index contributed by atoms with van der Waals surface area (Å²) in [6, 6.07) is 3.51. The minimum Gasteiger partial charge on any atom is -0.476 e. The number of ether oxygens (including phenoxy) is 1. The highest BCUT2D eigenvalue weighted by atomic mass is 32.1. The van der Waals surface area contributed by atoms with Gasteiger partial charge >= 0.3 is 0 Å². The predicted molar refractivity (Wildman–Crippen MR) is 118 cm³/mol. The number of amides is 1. The van der Waals surface area contributed by atoms with Gasteiger partial charge in [-0.2, -0.15) is 4.98 Å². The average molecular weight is 464 g/mol. The number of aromatic nitrogens is 3. The maximum Gasteiger partial charge on any atom is 0.277 e. The summed E-state index contributed by atoms with van der Waals surface area (Å²) in [4.78, 5) is 25.0. The number of nitrogens with one attached hydrogen (secondary N) is 2. The van der Waals surface area contributed by atoms with Gasteiger partial charge in [0.1, 0.15) is 33.7 Å². The van der Waals surface area contributed by atoms with Crippen LogP contribution in [0.3, 0.4) is 0 Å². The average Bonchev–Trinajstić information content (AvgIpc) is 3.15. The number of nitrogens with zero attached hydrogens (tertiary/aromatic N) is 3. The van der Waals surface area contributed by atoms with Crippen molar-refractivity contribution >= 4 is 27.9 Å². The molecule has 0 fully saturated rings. The number of aliphatic hydroxyl groups is 1. The van der Waals surface area contributed by atoms with Crippen LogP contribution < -0.4 is 15.4 Å². The highest BCUT2D eigenvalue weighted by molar-refractivity contribution is 7.19. The number of anilines is 2. The molecule has 0 unspecified atom stereocenters. The molecule has 32 heavy (non-hydrogen) atoms. The summed E-state index contributed by atoms with van der Waals surface area (Å²) in [5, 5.41) is 15.6. The van der Waals surface area contributed by atoms with Crippen molar-refractivity contribution < 1.29 is 23.4 Å². The molecule has 2 heterocycles. The van der Waals surface area contributed by atoms with Crippen LogP contribution in [0, 0.1) is 11.6 Å². The topological polar surface area (TPSA) is 109 Å². The first kappa shape index (κ1) is 23.5. The van der Waals surface area contributed by atoms with Crippen molar-refractivity contribution in [2.24, 2.45) is 0 Å². The SMILES string of the molecule is CNc1sc(-c2c(F)cccc2F)nc1C(=O)Nc1cncnc1OCCCC(C)(C)O. The molecule has 8 nitrogen and oxygen atoms in total. The van der Waals surface area contributed by atoms with Crippen molar-refractivity contribution in [3.63, 3.8) is 0 Å². The molecule has 0 bridgehead atoms. The second-order valence-corrected chi connectivity index (χ2v) is 8.50. The smallest absolute Gasteiger partial charge is 0.277 e. The fraction of sp³-hybridized carbons (Fsp3) is 0.333. The van der Waals surface area contributed by atoms with Gasteiger partial charge in [-0.1, -0.05) is 17.4 Å². The van der Waals surface area contributed by atoms with E-state index >= 15 is 0 Å².